The Kier molecular flexibility index (Phi) is 5.77. The highest BCUT2D eigenvalue weighted by molar-refractivity contribution is 7.17. The van der Waals surface area contributed by atoms with Crippen molar-refractivity contribution in [1.82, 2.24) is 4.98 Å². The lowest BCUT2D eigenvalue weighted by Crippen LogP contribution is -2.20. The van der Waals surface area contributed by atoms with E-state index in [9.17, 15) is 9.59 Å². The Bertz CT molecular complexity index is 831. The van der Waals surface area contributed by atoms with E-state index in [1.54, 1.807) is 6.07 Å². The predicted molar refractivity (Wildman–Crippen MR) is 107 cm³/mol. The standard InChI is InChI=1S/C17H16Cl3N3O2S/c1-9-3-2-4-11(20)13(9)22-15(25)12-6-21-16(26-12)23-14(24)10-5-17(10,7-18)8-19/h2-4,6,10H,5,7-8H2,1H3,(H,22,25)(H,21,23,24). The first-order valence-corrected chi connectivity index (χ1v) is 10.1. The normalized spacial score (nSPS) is 17.6. The SMILES string of the molecule is Cc1cccc(Cl)c1NC(=O)c1cnc(NC(=O)C2CC2(CCl)CCl)s1. The Morgan fingerprint density at radius 1 is 1.31 bits per heavy atom. The van der Waals surface area contributed by atoms with Gasteiger partial charge in [-0.05, 0) is 25.0 Å². The zero-order valence-electron chi connectivity index (χ0n) is 13.8. The molecule has 1 aliphatic rings. The molecule has 0 bridgehead atoms. The number of aryl methyl sites for hydroxylation is 1. The molecular weight excluding hydrogens is 417 g/mol. The second kappa shape index (κ2) is 7.72. The van der Waals surface area contributed by atoms with Gasteiger partial charge in [-0.25, -0.2) is 4.98 Å². The molecule has 1 saturated carbocycles. The summed E-state index contributed by atoms with van der Waals surface area (Å²) in [6, 6.07) is 5.38. The van der Waals surface area contributed by atoms with Crippen LogP contribution in [0.25, 0.3) is 0 Å². The van der Waals surface area contributed by atoms with E-state index in [4.69, 9.17) is 34.8 Å². The molecule has 0 aliphatic heterocycles. The van der Waals surface area contributed by atoms with Crippen LogP contribution in [0.1, 0.15) is 21.7 Å². The van der Waals surface area contributed by atoms with Crippen LogP contribution < -0.4 is 10.6 Å². The Hall–Kier alpha value is -1.34. The maximum atomic E-state index is 12.4. The van der Waals surface area contributed by atoms with E-state index in [1.807, 2.05) is 19.1 Å². The number of aromatic nitrogens is 1. The number of amides is 2. The first kappa shape index (κ1) is 19.4. The van der Waals surface area contributed by atoms with Crippen molar-refractivity contribution >= 4 is 68.8 Å². The smallest absolute Gasteiger partial charge is 0.267 e. The van der Waals surface area contributed by atoms with E-state index in [2.05, 4.69) is 15.6 Å². The van der Waals surface area contributed by atoms with Crippen molar-refractivity contribution in [3.8, 4) is 0 Å². The summed E-state index contributed by atoms with van der Waals surface area (Å²) in [6.07, 6.45) is 2.08. The number of halogens is 3. The van der Waals surface area contributed by atoms with Crippen LogP contribution in [-0.2, 0) is 4.79 Å². The highest BCUT2D eigenvalue weighted by Gasteiger charge is 2.57. The van der Waals surface area contributed by atoms with Gasteiger partial charge in [-0.1, -0.05) is 35.1 Å². The number of carbonyl (C=O) groups is 2. The van der Waals surface area contributed by atoms with Gasteiger partial charge >= 0.3 is 0 Å². The monoisotopic (exact) mass is 431 g/mol. The zero-order valence-corrected chi connectivity index (χ0v) is 16.9. The third-order valence-electron chi connectivity index (χ3n) is 4.46. The molecule has 1 atom stereocenters. The predicted octanol–water partition coefficient (Wildman–Crippen LogP) is 4.78. The molecule has 2 N–H and O–H groups in total. The maximum Gasteiger partial charge on any atom is 0.267 e. The molecule has 1 aromatic heterocycles. The molecule has 9 heteroatoms. The summed E-state index contributed by atoms with van der Waals surface area (Å²) < 4.78 is 0. The molecule has 1 fully saturated rings. The number of nitrogens with zero attached hydrogens (tertiary/aromatic N) is 1. The maximum absolute atomic E-state index is 12.4. The molecular formula is C17H16Cl3N3O2S. The van der Waals surface area contributed by atoms with Crippen molar-refractivity contribution < 1.29 is 9.59 Å². The van der Waals surface area contributed by atoms with Crippen molar-refractivity contribution in [1.29, 1.82) is 0 Å². The molecule has 26 heavy (non-hydrogen) atoms. The van der Waals surface area contributed by atoms with Crippen LogP contribution in [-0.4, -0.2) is 28.6 Å². The van der Waals surface area contributed by atoms with Crippen LogP contribution in [0.3, 0.4) is 0 Å². The molecule has 1 heterocycles. The molecule has 1 aromatic carbocycles. The fourth-order valence-electron chi connectivity index (χ4n) is 2.64. The van der Waals surface area contributed by atoms with Crippen LogP contribution in [0.4, 0.5) is 10.8 Å². The molecule has 3 rings (SSSR count). The van der Waals surface area contributed by atoms with Crippen LogP contribution in [0, 0.1) is 18.3 Å². The number of nitrogens with one attached hydrogen (secondary N) is 2. The molecule has 5 nitrogen and oxygen atoms in total. The van der Waals surface area contributed by atoms with E-state index in [0.717, 1.165) is 16.9 Å². The minimum atomic E-state index is -0.332. The van der Waals surface area contributed by atoms with Gasteiger partial charge in [-0.3, -0.25) is 9.59 Å². The van der Waals surface area contributed by atoms with Crippen molar-refractivity contribution in [2.24, 2.45) is 11.3 Å². The van der Waals surface area contributed by atoms with E-state index in [0.29, 0.717) is 38.9 Å². The van der Waals surface area contributed by atoms with E-state index in [-0.39, 0.29) is 23.1 Å². The molecule has 0 saturated heterocycles. The Balaban J connectivity index is 1.65. The lowest BCUT2D eigenvalue weighted by Gasteiger charge is -2.09. The van der Waals surface area contributed by atoms with Crippen LogP contribution in [0.15, 0.2) is 24.4 Å². The average molecular weight is 433 g/mol. The summed E-state index contributed by atoms with van der Waals surface area (Å²) in [5.74, 6) is -0.0327. The van der Waals surface area contributed by atoms with Crippen molar-refractivity contribution in [2.45, 2.75) is 13.3 Å². The molecule has 0 radical (unpaired) electrons. The minimum absolute atomic E-state index is 0.172. The third kappa shape index (κ3) is 3.83. The first-order chi connectivity index (χ1) is 12.4. The molecule has 2 aromatic rings. The van der Waals surface area contributed by atoms with Crippen LogP contribution in [0.2, 0.25) is 5.02 Å². The van der Waals surface area contributed by atoms with E-state index in [1.165, 1.54) is 6.20 Å². The van der Waals surface area contributed by atoms with Gasteiger partial charge in [0.2, 0.25) is 5.91 Å². The van der Waals surface area contributed by atoms with Gasteiger partial charge in [0.05, 0.1) is 16.9 Å². The number of benzene rings is 1. The number of para-hydroxylation sites is 1. The van der Waals surface area contributed by atoms with Crippen LogP contribution in [0.5, 0.6) is 0 Å². The summed E-state index contributed by atoms with van der Waals surface area (Å²) in [5, 5.41) is 6.34. The fraction of sp³-hybridized carbons (Fsp3) is 0.353. The lowest BCUT2D eigenvalue weighted by atomic mass is 10.1. The second-order valence-electron chi connectivity index (χ2n) is 6.29. The average Bonchev–Trinajstić information content (AvgIpc) is 3.20. The highest BCUT2D eigenvalue weighted by atomic mass is 35.5. The van der Waals surface area contributed by atoms with Gasteiger partial charge in [0.25, 0.3) is 5.91 Å². The Labute approximate surface area is 170 Å². The molecule has 138 valence electrons. The lowest BCUT2D eigenvalue weighted by molar-refractivity contribution is -0.117. The van der Waals surface area contributed by atoms with Crippen molar-refractivity contribution in [3.63, 3.8) is 0 Å². The molecule has 0 spiro atoms. The number of thiazole rings is 1. The Morgan fingerprint density at radius 3 is 2.65 bits per heavy atom. The van der Waals surface area contributed by atoms with Gasteiger partial charge in [-0.15, -0.1) is 23.2 Å². The Morgan fingerprint density at radius 2 is 2.04 bits per heavy atom. The number of anilines is 2. The highest BCUT2D eigenvalue weighted by Crippen LogP contribution is 2.54. The van der Waals surface area contributed by atoms with Gasteiger partial charge in [0.15, 0.2) is 5.13 Å². The summed E-state index contributed by atoms with van der Waals surface area (Å²) in [6.45, 7) is 1.86. The van der Waals surface area contributed by atoms with Crippen LogP contribution >= 0.6 is 46.1 Å². The number of hydrogen-bond donors (Lipinski definition) is 2. The minimum Gasteiger partial charge on any atom is -0.320 e. The zero-order chi connectivity index (χ0) is 18.9. The summed E-state index contributed by atoms with van der Waals surface area (Å²) in [4.78, 5) is 29.2. The number of carbonyl (C=O) groups excluding carboxylic acids is 2. The first-order valence-electron chi connectivity index (χ1n) is 7.85. The summed E-state index contributed by atoms with van der Waals surface area (Å²) >= 11 is 19.0. The van der Waals surface area contributed by atoms with Gasteiger partial charge in [0.1, 0.15) is 4.88 Å². The third-order valence-corrected chi connectivity index (χ3v) is 6.75. The molecule has 1 unspecified atom stereocenters. The second-order valence-corrected chi connectivity index (χ2v) is 8.26. The van der Waals surface area contributed by atoms with Gasteiger partial charge in [-0.2, -0.15) is 0 Å². The van der Waals surface area contributed by atoms with E-state index < -0.39 is 0 Å². The van der Waals surface area contributed by atoms with Gasteiger partial charge < -0.3 is 10.6 Å². The topological polar surface area (TPSA) is 71.1 Å². The molecule has 1 aliphatic carbocycles. The largest absolute Gasteiger partial charge is 0.320 e. The fourth-order valence-corrected chi connectivity index (χ4v) is 4.50. The van der Waals surface area contributed by atoms with Gasteiger partial charge in [0, 0.05) is 23.1 Å². The van der Waals surface area contributed by atoms with Crippen molar-refractivity contribution in [3.05, 3.63) is 39.9 Å². The van der Waals surface area contributed by atoms with Crippen molar-refractivity contribution in [2.75, 3.05) is 22.4 Å². The molecule has 2 amide bonds. The number of hydrogen-bond acceptors (Lipinski definition) is 4. The van der Waals surface area contributed by atoms with E-state index >= 15 is 0 Å². The summed E-state index contributed by atoms with van der Waals surface area (Å²) in [7, 11) is 0. The number of alkyl halides is 2. The quantitative estimate of drug-likeness (QED) is 0.645. The summed E-state index contributed by atoms with van der Waals surface area (Å²) in [5.41, 5.74) is 1.09. The number of rotatable bonds is 6.